The Balaban J connectivity index is 2.23. The van der Waals surface area contributed by atoms with Gasteiger partial charge >= 0.3 is 0 Å². The number of hydrogen-bond donors (Lipinski definition) is 0. The highest BCUT2D eigenvalue weighted by Gasteiger charge is 2.32. The molecule has 1 aliphatic rings. The van der Waals surface area contributed by atoms with Crippen molar-refractivity contribution in [3.8, 4) is 0 Å². The van der Waals surface area contributed by atoms with Gasteiger partial charge < -0.3 is 9.68 Å². The Labute approximate surface area is 134 Å². The van der Waals surface area contributed by atoms with Crippen LogP contribution in [0, 0.1) is 19.3 Å². The van der Waals surface area contributed by atoms with Crippen LogP contribution in [0.15, 0.2) is 10.3 Å². The molecule has 0 saturated heterocycles. The van der Waals surface area contributed by atoms with Gasteiger partial charge in [-0.3, -0.25) is 0 Å². The van der Waals surface area contributed by atoms with E-state index in [1.54, 1.807) is 18.9 Å². The van der Waals surface area contributed by atoms with Crippen LogP contribution in [-0.4, -0.2) is 24.5 Å². The van der Waals surface area contributed by atoms with Gasteiger partial charge in [0.05, 0.1) is 11.1 Å². The molecule has 0 spiro atoms. The van der Waals surface area contributed by atoms with Crippen LogP contribution in [0.25, 0.3) is 0 Å². The fraction of sp³-hybridized carbons (Fsp3) is 0.600. The summed E-state index contributed by atoms with van der Waals surface area (Å²) in [5, 5.41) is 9.34. The van der Waals surface area contributed by atoms with Crippen LogP contribution in [0.3, 0.4) is 0 Å². The van der Waals surface area contributed by atoms with Gasteiger partial charge in [0, 0.05) is 21.1 Å². The van der Waals surface area contributed by atoms with Crippen LogP contribution in [0.1, 0.15) is 41.7 Å². The van der Waals surface area contributed by atoms with E-state index in [-0.39, 0.29) is 5.41 Å². The van der Waals surface area contributed by atoms with Crippen LogP contribution < -0.4 is 0 Å². The predicted molar refractivity (Wildman–Crippen MR) is 91.5 cm³/mol. The molecule has 1 aromatic rings. The first-order chi connectivity index (χ1) is 9.86. The zero-order valence-corrected chi connectivity index (χ0v) is 15.1. The van der Waals surface area contributed by atoms with E-state index in [4.69, 9.17) is 9.68 Å². The van der Waals surface area contributed by atoms with Gasteiger partial charge in [-0.1, -0.05) is 24.2 Å². The molecule has 0 radical (unpaired) electrons. The molecule has 1 aromatic heterocycles. The van der Waals surface area contributed by atoms with Gasteiger partial charge in [0.15, 0.2) is 0 Å². The number of hydrogen-bond acceptors (Lipinski definition) is 6. The van der Waals surface area contributed by atoms with Gasteiger partial charge in [0.25, 0.3) is 0 Å². The third-order valence-electron chi connectivity index (χ3n) is 3.48. The minimum atomic E-state index is 0.0134. The maximum Gasteiger partial charge on any atom is 0.128 e. The van der Waals surface area contributed by atoms with Gasteiger partial charge in [-0.2, -0.15) is 0 Å². The van der Waals surface area contributed by atoms with Gasteiger partial charge in [-0.05, 0) is 26.3 Å². The molecule has 0 aliphatic carbocycles. The molecule has 21 heavy (non-hydrogen) atoms. The number of oxime groups is 2. The fourth-order valence-corrected chi connectivity index (χ4v) is 4.78. The van der Waals surface area contributed by atoms with Crippen molar-refractivity contribution in [1.29, 1.82) is 0 Å². The molecule has 0 N–H and O–H groups in total. The zero-order valence-electron chi connectivity index (χ0n) is 13.4. The van der Waals surface area contributed by atoms with E-state index in [1.807, 2.05) is 18.3 Å². The SMILES string of the molecule is CON=C(C)c1c(C)sc(C)c1CSC1=NOCC1(C)C. The zero-order chi connectivity index (χ0) is 15.6. The molecule has 6 heteroatoms. The molecule has 0 bridgehead atoms. The molecule has 2 rings (SSSR count). The molecule has 0 atom stereocenters. The molecule has 1 aliphatic heterocycles. The van der Waals surface area contributed by atoms with Crippen molar-refractivity contribution in [1.82, 2.24) is 0 Å². The van der Waals surface area contributed by atoms with Crippen molar-refractivity contribution in [3.63, 3.8) is 0 Å². The van der Waals surface area contributed by atoms with Gasteiger partial charge in [-0.15, -0.1) is 23.1 Å². The van der Waals surface area contributed by atoms with E-state index >= 15 is 0 Å². The van der Waals surface area contributed by atoms with Gasteiger partial charge in [0.2, 0.25) is 0 Å². The van der Waals surface area contributed by atoms with Crippen molar-refractivity contribution in [3.05, 3.63) is 20.9 Å². The summed E-state index contributed by atoms with van der Waals surface area (Å²) >= 11 is 3.57. The molecule has 4 nitrogen and oxygen atoms in total. The molecule has 0 saturated carbocycles. The van der Waals surface area contributed by atoms with Crippen molar-refractivity contribution in [2.45, 2.75) is 40.4 Å². The molecular weight excluding hydrogens is 304 g/mol. The summed E-state index contributed by atoms with van der Waals surface area (Å²) in [4.78, 5) is 12.8. The summed E-state index contributed by atoms with van der Waals surface area (Å²) in [6.07, 6.45) is 0. The normalized spacial score (nSPS) is 17.6. The molecule has 0 amide bonds. The number of thioether (sulfide) groups is 1. The number of thiophene rings is 1. The summed E-state index contributed by atoms with van der Waals surface area (Å²) in [7, 11) is 1.58. The Hall–Kier alpha value is -1.01. The summed E-state index contributed by atoms with van der Waals surface area (Å²) < 4.78 is 0. The smallest absolute Gasteiger partial charge is 0.128 e. The lowest BCUT2D eigenvalue weighted by Crippen LogP contribution is -2.20. The first kappa shape index (κ1) is 16.4. The lowest BCUT2D eigenvalue weighted by atomic mass is 9.97. The first-order valence-electron chi connectivity index (χ1n) is 6.87. The highest BCUT2D eigenvalue weighted by Crippen LogP contribution is 2.36. The predicted octanol–water partition coefficient (Wildman–Crippen LogP) is 4.34. The largest absolute Gasteiger partial charge is 0.399 e. The lowest BCUT2D eigenvalue weighted by Gasteiger charge is -2.16. The number of aryl methyl sites for hydroxylation is 2. The topological polar surface area (TPSA) is 43.2 Å². The maximum absolute atomic E-state index is 5.24. The second-order valence-electron chi connectivity index (χ2n) is 5.77. The maximum atomic E-state index is 5.24. The Bertz CT molecular complexity index is 589. The van der Waals surface area contributed by atoms with E-state index in [0.717, 1.165) is 16.5 Å². The lowest BCUT2D eigenvalue weighted by molar-refractivity contribution is 0.133. The third-order valence-corrected chi connectivity index (χ3v) is 5.88. The Morgan fingerprint density at radius 1 is 1.43 bits per heavy atom. The monoisotopic (exact) mass is 326 g/mol. The molecule has 0 fully saturated rings. The van der Waals surface area contributed by atoms with E-state index in [2.05, 4.69) is 38.0 Å². The fourth-order valence-electron chi connectivity index (χ4n) is 2.36. The Morgan fingerprint density at radius 3 is 2.71 bits per heavy atom. The highest BCUT2D eigenvalue weighted by atomic mass is 32.2. The van der Waals surface area contributed by atoms with Gasteiger partial charge in [-0.25, -0.2) is 0 Å². The Morgan fingerprint density at radius 2 is 2.14 bits per heavy atom. The van der Waals surface area contributed by atoms with E-state index in [9.17, 15) is 0 Å². The van der Waals surface area contributed by atoms with E-state index < -0.39 is 0 Å². The summed E-state index contributed by atoms with van der Waals surface area (Å²) in [5.74, 6) is 0.883. The standard InChI is InChI=1S/C15H22N2O2S2/c1-9(16-18-6)13-11(3)21-10(2)12(13)7-20-14-15(4,5)8-19-17-14/h7-8H2,1-6H3. The molecule has 0 aromatic carbocycles. The highest BCUT2D eigenvalue weighted by molar-refractivity contribution is 8.13. The summed E-state index contributed by atoms with van der Waals surface area (Å²) in [5.41, 5.74) is 3.48. The number of nitrogens with zero attached hydrogens (tertiary/aromatic N) is 2. The van der Waals surface area contributed by atoms with Gasteiger partial charge in [0.1, 0.15) is 18.8 Å². The molecule has 2 heterocycles. The molecule has 116 valence electrons. The minimum absolute atomic E-state index is 0.0134. The van der Waals surface area contributed by atoms with E-state index in [1.165, 1.54) is 20.9 Å². The van der Waals surface area contributed by atoms with Crippen molar-refractivity contribution in [2.24, 2.45) is 15.7 Å². The second-order valence-corrected chi connectivity index (χ2v) is 8.16. The molecule has 0 unspecified atom stereocenters. The second kappa shape index (κ2) is 6.40. The molecular formula is C15H22N2O2S2. The van der Waals surface area contributed by atoms with Crippen molar-refractivity contribution < 1.29 is 9.68 Å². The minimum Gasteiger partial charge on any atom is -0.399 e. The quantitative estimate of drug-likeness (QED) is 0.610. The first-order valence-corrected chi connectivity index (χ1v) is 8.67. The van der Waals surface area contributed by atoms with E-state index in [0.29, 0.717) is 6.61 Å². The summed E-state index contributed by atoms with van der Waals surface area (Å²) in [6.45, 7) is 11.3. The van der Waals surface area contributed by atoms with Crippen molar-refractivity contribution >= 4 is 33.9 Å². The summed E-state index contributed by atoms with van der Waals surface area (Å²) in [6, 6.07) is 0. The van der Waals surface area contributed by atoms with Crippen LogP contribution in [0.2, 0.25) is 0 Å². The third kappa shape index (κ3) is 3.43. The van der Waals surface area contributed by atoms with Crippen LogP contribution >= 0.6 is 23.1 Å². The van der Waals surface area contributed by atoms with Crippen molar-refractivity contribution in [2.75, 3.05) is 13.7 Å². The van der Waals surface area contributed by atoms with Crippen LogP contribution in [-0.2, 0) is 15.4 Å². The average Bonchev–Trinajstić information content (AvgIpc) is 2.86. The average molecular weight is 326 g/mol. The Kier molecular flexibility index (Phi) is 4.99. The van der Waals surface area contributed by atoms with Crippen LogP contribution in [0.4, 0.5) is 0 Å². The van der Waals surface area contributed by atoms with Crippen LogP contribution in [0.5, 0.6) is 0 Å². The number of rotatable bonds is 4.